The molecule has 4 nitrogen and oxygen atoms in total. The lowest BCUT2D eigenvalue weighted by molar-refractivity contribution is 0.166. The van der Waals surface area contributed by atoms with Crippen LogP contribution in [0.5, 0.6) is 0 Å². The average Bonchev–Trinajstić information content (AvgIpc) is 2.63. The number of para-hydroxylation sites is 1. The van der Waals surface area contributed by atoms with Gasteiger partial charge in [-0.1, -0.05) is 53.7 Å². The SMILES string of the molecule is O=C(Nc1ccccc1)ON=C1CCCCC1=Cc1ccccc1. The van der Waals surface area contributed by atoms with E-state index < -0.39 is 6.09 Å². The van der Waals surface area contributed by atoms with Crippen LogP contribution in [-0.2, 0) is 4.84 Å². The molecule has 0 spiro atoms. The van der Waals surface area contributed by atoms with Crippen LogP contribution in [-0.4, -0.2) is 11.8 Å². The molecule has 1 aliphatic carbocycles. The molecule has 2 aromatic rings. The monoisotopic (exact) mass is 320 g/mol. The quantitative estimate of drug-likeness (QED) is 0.620. The highest BCUT2D eigenvalue weighted by atomic mass is 16.7. The van der Waals surface area contributed by atoms with Crippen LogP contribution >= 0.6 is 0 Å². The van der Waals surface area contributed by atoms with Crippen LogP contribution in [0.2, 0.25) is 0 Å². The molecule has 1 aliphatic rings. The zero-order valence-corrected chi connectivity index (χ0v) is 13.4. The predicted octanol–water partition coefficient (Wildman–Crippen LogP) is 5.25. The van der Waals surface area contributed by atoms with E-state index in [1.54, 1.807) is 12.1 Å². The van der Waals surface area contributed by atoms with Crippen molar-refractivity contribution in [1.82, 2.24) is 0 Å². The fraction of sp³-hybridized carbons (Fsp3) is 0.200. The maximum absolute atomic E-state index is 11.9. The molecule has 0 aromatic heterocycles. The molecule has 1 N–H and O–H groups in total. The Labute approximate surface area is 141 Å². The van der Waals surface area contributed by atoms with Crippen molar-refractivity contribution in [2.24, 2.45) is 5.16 Å². The Morgan fingerprint density at radius 2 is 1.62 bits per heavy atom. The molecular formula is C20H20N2O2. The van der Waals surface area contributed by atoms with Crippen molar-refractivity contribution in [3.8, 4) is 0 Å². The average molecular weight is 320 g/mol. The van der Waals surface area contributed by atoms with E-state index in [4.69, 9.17) is 4.84 Å². The second kappa shape index (κ2) is 8.11. The molecule has 0 aliphatic heterocycles. The van der Waals surface area contributed by atoms with E-state index in [1.165, 1.54) is 0 Å². The molecule has 122 valence electrons. The van der Waals surface area contributed by atoms with Crippen LogP contribution in [0.4, 0.5) is 10.5 Å². The van der Waals surface area contributed by atoms with Crippen molar-refractivity contribution in [3.63, 3.8) is 0 Å². The lowest BCUT2D eigenvalue weighted by Gasteiger charge is -2.16. The van der Waals surface area contributed by atoms with E-state index >= 15 is 0 Å². The summed E-state index contributed by atoms with van der Waals surface area (Å²) in [5.74, 6) is 0. The van der Waals surface area contributed by atoms with E-state index in [0.717, 1.165) is 42.5 Å². The Hall–Kier alpha value is -2.88. The highest BCUT2D eigenvalue weighted by molar-refractivity contribution is 6.04. The first-order valence-corrected chi connectivity index (χ1v) is 8.17. The summed E-state index contributed by atoms with van der Waals surface area (Å²) in [4.78, 5) is 16.9. The van der Waals surface area contributed by atoms with Gasteiger partial charge in [0, 0.05) is 5.69 Å². The van der Waals surface area contributed by atoms with Crippen LogP contribution in [0.1, 0.15) is 31.2 Å². The molecule has 3 rings (SSSR count). The summed E-state index contributed by atoms with van der Waals surface area (Å²) in [5, 5.41) is 6.75. The van der Waals surface area contributed by atoms with Gasteiger partial charge in [-0.3, -0.25) is 10.2 Å². The lowest BCUT2D eigenvalue weighted by atomic mass is 9.91. The van der Waals surface area contributed by atoms with Crippen molar-refractivity contribution >= 4 is 23.6 Å². The summed E-state index contributed by atoms with van der Waals surface area (Å²) in [7, 11) is 0. The van der Waals surface area contributed by atoms with Crippen LogP contribution in [0.3, 0.4) is 0 Å². The fourth-order valence-electron chi connectivity index (χ4n) is 2.68. The first-order chi connectivity index (χ1) is 11.8. The zero-order valence-electron chi connectivity index (χ0n) is 13.4. The van der Waals surface area contributed by atoms with Crippen molar-refractivity contribution in [3.05, 3.63) is 71.8 Å². The number of allylic oxidation sites excluding steroid dienone is 1. The molecule has 24 heavy (non-hydrogen) atoms. The molecule has 1 fully saturated rings. The normalized spacial score (nSPS) is 17.7. The molecule has 0 heterocycles. The molecule has 4 heteroatoms. The van der Waals surface area contributed by atoms with Gasteiger partial charge in [-0.05, 0) is 55.0 Å². The molecule has 0 unspecified atom stereocenters. The first-order valence-electron chi connectivity index (χ1n) is 8.17. The van der Waals surface area contributed by atoms with Crippen molar-refractivity contribution in [1.29, 1.82) is 0 Å². The van der Waals surface area contributed by atoms with Gasteiger partial charge in [-0.25, -0.2) is 4.79 Å². The van der Waals surface area contributed by atoms with Crippen molar-refractivity contribution < 1.29 is 9.63 Å². The number of carbonyl (C=O) groups excluding carboxylic acids is 1. The minimum Gasteiger partial charge on any atom is -0.298 e. The number of carbonyl (C=O) groups is 1. The second-order valence-corrected chi connectivity index (χ2v) is 5.70. The standard InChI is InChI=1S/C20H20N2O2/c23-20(21-18-12-5-2-6-13-18)24-22-19-14-8-7-11-17(19)15-16-9-3-1-4-10-16/h1-6,9-10,12-13,15H,7-8,11,14H2,(H,21,23). The van der Waals surface area contributed by atoms with Gasteiger partial charge in [-0.15, -0.1) is 0 Å². The second-order valence-electron chi connectivity index (χ2n) is 5.70. The fourth-order valence-corrected chi connectivity index (χ4v) is 2.68. The largest absolute Gasteiger partial charge is 0.437 e. The van der Waals surface area contributed by atoms with E-state index in [0.29, 0.717) is 5.69 Å². The van der Waals surface area contributed by atoms with Gasteiger partial charge in [0.2, 0.25) is 0 Å². The molecular weight excluding hydrogens is 300 g/mol. The summed E-state index contributed by atoms with van der Waals surface area (Å²) >= 11 is 0. The number of nitrogens with zero attached hydrogens (tertiary/aromatic N) is 1. The molecule has 1 saturated carbocycles. The highest BCUT2D eigenvalue weighted by Gasteiger charge is 2.15. The Balaban J connectivity index is 1.67. The molecule has 0 atom stereocenters. The van der Waals surface area contributed by atoms with Gasteiger partial charge in [0.15, 0.2) is 0 Å². The molecule has 0 radical (unpaired) electrons. The number of oxime groups is 1. The van der Waals surface area contributed by atoms with Gasteiger partial charge in [0.1, 0.15) is 0 Å². The van der Waals surface area contributed by atoms with E-state index in [9.17, 15) is 4.79 Å². The number of anilines is 1. The highest BCUT2D eigenvalue weighted by Crippen LogP contribution is 2.23. The van der Waals surface area contributed by atoms with Gasteiger partial charge in [0.05, 0.1) is 5.71 Å². The van der Waals surface area contributed by atoms with Crippen LogP contribution in [0, 0.1) is 0 Å². The number of hydrogen-bond donors (Lipinski definition) is 1. The third-order valence-electron chi connectivity index (χ3n) is 3.88. The Morgan fingerprint density at radius 3 is 2.38 bits per heavy atom. The van der Waals surface area contributed by atoms with Gasteiger partial charge in [-0.2, -0.15) is 0 Å². The zero-order chi connectivity index (χ0) is 16.6. The molecule has 0 saturated heterocycles. The number of nitrogens with one attached hydrogen (secondary N) is 1. The minimum atomic E-state index is -0.571. The molecule has 0 bridgehead atoms. The predicted molar refractivity (Wildman–Crippen MR) is 96.9 cm³/mol. The van der Waals surface area contributed by atoms with Crippen LogP contribution < -0.4 is 5.32 Å². The molecule has 1 amide bonds. The number of hydrogen-bond acceptors (Lipinski definition) is 3. The summed E-state index contributed by atoms with van der Waals surface area (Å²) in [5.41, 5.74) is 3.82. The Bertz CT molecular complexity index is 737. The number of amides is 1. The third-order valence-corrected chi connectivity index (χ3v) is 3.88. The topological polar surface area (TPSA) is 50.7 Å². The van der Waals surface area contributed by atoms with Gasteiger partial charge >= 0.3 is 6.09 Å². The van der Waals surface area contributed by atoms with Crippen molar-refractivity contribution in [2.75, 3.05) is 5.32 Å². The number of benzene rings is 2. The smallest absolute Gasteiger partial charge is 0.298 e. The van der Waals surface area contributed by atoms with E-state index in [-0.39, 0.29) is 0 Å². The number of rotatable bonds is 3. The van der Waals surface area contributed by atoms with Gasteiger partial charge in [0.25, 0.3) is 0 Å². The Morgan fingerprint density at radius 1 is 0.958 bits per heavy atom. The summed E-state index contributed by atoms with van der Waals surface area (Å²) in [6.07, 6.45) is 5.53. The molecule has 2 aromatic carbocycles. The summed E-state index contributed by atoms with van der Waals surface area (Å²) in [6.45, 7) is 0. The summed E-state index contributed by atoms with van der Waals surface area (Å²) < 4.78 is 0. The van der Waals surface area contributed by atoms with E-state index in [2.05, 4.69) is 28.7 Å². The lowest BCUT2D eigenvalue weighted by Crippen LogP contribution is -2.14. The van der Waals surface area contributed by atoms with Crippen molar-refractivity contribution in [2.45, 2.75) is 25.7 Å². The van der Waals surface area contributed by atoms with Crippen LogP contribution in [0.15, 0.2) is 71.4 Å². The maximum Gasteiger partial charge on any atom is 0.437 e. The van der Waals surface area contributed by atoms with Crippen LogP contribution in [0.25, 0.3) is 6.08 Å². The van der Waals surface area contributed by atoms with Gasteiger partial charge < -0.3 is 0 Å². The maximum atomic E-state index is 11.9. The Kier molecular flexibility index (Phi) is 5.40. The summed E-state index contributed by atoms with van der Waals surface area (Å²) in [6, 6.07) is 19.3. The third kappa shape index (κ3) is 4.56. The first kappa shape index (κ1) is 16.0. The minimum absolute atomic E-state index is 0.571. The van der Waals surface area contributed by atoms with E-state index in [1.807, 2.05) is 36.4 Å².